The van der Waals surface area contributed by atoms with Crippen LogP contribution in [-0.4, -0.2) is 6.04 Å². The number of nitrogens with one attached hydrogen (secondary N) is 1. The van der Waals surface area contributed by atoms with Gasteiger partial charge in [0, 0.05) is 11.7 Å². The van der Waals surface area contributed by atoms with E-state index in [4.69, 9.17) is 4.74 Å². The number of halogens is 1. The Bertz CT molecular complexity index is 534. The van der Waals surface area contributed by atoms with E-state index in [1.165, 1.54) is 12.1 Å². The van der Waals surface area contributed by atoms with E-state index in [-0.39, 0.29) is 5.82 Å². The molecule has 0 amide bonds. The number of benzene rings is 2. The summed E-state index contributed by atoms with van der Waals surface area (Å²) in [7, 11) is 0. The summed E-state index contributed by atoms with van der Waals surface area (Å²) in [5, 5.41) is 3.43. The van der Waals surface area contributed by atoms with Gasteiger partial charge in [-0.3, -0.25) is 0 Å². The van der Waals surface area contributed by atoms with Gasteiger partial charge in [0.25, 0.3) is 0 Å². The van der Waals surface area contributed by atoms with Crippen molar-refractivity contribution in [2.24, 2.45) is 5.92 Å². The second-order valence-electron chi connectivity index (χ2n) is 5.26. The predicted molar refractivity (Wildman–Crippen MR) is 80.8 cm³/mol. The molecule has 0 fully saturated rings. The van der Waals surface area contributed by atoms with Crippen LogP contribution in [0.3, 0.4) is 0 Å². The number of anilines is 1. The standard InChI is InChI=1S/C17H20FNO/c1-12(2)13(3)19-15-6-10-17(11-7-15)20-16-8-4-14(18)5-9-16/h4-13,19H,1-3H3. The number of hydrogen-bond acceptors (Lipinski definition) is 2. The third-order valence-corrected chi connectivity index (χ3v) is 3.30. The van der Waals surface area contributed by atoms with E-state index in [2.05, 4.69) is 26.1 Å². The highest BCUT2D eigenvalue weighted by Gasteiger charge is 2.06. The van der Waals surface area contributed by atoms with Crippen LogP contribution >= 0.6 is 0 Å². The highest BCUT2D eigenvalue weighted by atomic mass is 19.1. The summed E-state index contributed by atoms with van der Waals surface area (Å²) in [4.78, 5) is 0. The largest absolute Gasteiger partial charge is 0.457 e. The second kappa shape index (κ2) is 6.42. The van der Waals surface area contributed by atoms with Crippen molar-refractivity contribution in [3.05, 3.63) is 54.3 Å². The van der Waals surface area contributed by atoms with Crippen LogP contribution in [0.1, 0.15) is 20.8 Å². The Labute approximate surface area is 119 Å². The SMILES string of the molecule is CC(C)C(C)Nc1ccc(Oc2ccc(F)cc2)cc1. The molecule has 2 aromatic rings. The first kappa shape index (κ1) is 14.4. The molecule has 0 radical (unpaired) electrons. The Morgan fingerprint density at radius 1 is 0.850 bits per heavy atom. The van der Waals surface area contributed by atoms with Gasteiger partial charge in [-0.05, 0) is 61.4 Å². The van der Waals surface area contributed by atoms with Crippen molar-refractivity contribution in [3.8, 4) is 11.5 Å². The van der Waals surface area contributed by atoms with Crippen molar-refractivity contribution in [3.63, 3.8) is 0 Å². The maximum atomic E-state index is 12.8. The molecule has 0 heterocycles. The molecule has 20 heavy (non-hydrogen) atoms. The molecule has 1 atom stereocenters. The van der Waals surface area contributed by atoms with Gasteiger partial charge in [-0.2, -0.15) is 0 Å². The fourth-order valence-electron chi connectivity index (χ4n) is 1.69. The van der Waals surface area contributed by atoms with Gasteiger partial charge >= 0.3 is 0 Å². The average Bonchev–Trinajstić information content (AvgIpc) is 2.43. The zero-order chi connectivity index (χ0) is 14.5. The third kappa shape index (κ3) is 3.98. The molecule has 0 aliphatic rings. The van der Waals surface area contributed by atoms with Crippen molar-refractivity contribution in [1.29, 1.82) is 0 Å². The third-order valence-electron chi connectivity index (χ3n) is 3.30. The minimum absolute atomic E-state index is 0.264. The van der Waals surface area contributed by atoms with Gasteiger partial charge in [-0.1, -0.05) is 13.8 Å². The summed E-state index contributed by atoms with van der Waals surface area (Å²) in [6, 6.07) is 14.2. The molecule has 2 rings (SSSR count). The molecular weight excluding hydrogens is 253 g/mol. The smallest absolute Gasteiger partial charge is 0.127 e. The van der Waals surface area contributed by atoms with Crippen LogP contribution in [0.2, 0.25) is 0 Å². The van der Waals surface area contributed by atoms with Crippen LogP contribution in [-0.2, 0) is 0 Å². The molecule has 0 aliphatic carbocycles. The lowest BCUT2D eigenvalue weighted by Crippen LogP contribution is -2.21. The highest BCUT2D eigenvalue weighted by Crippen LogP contribution is 2.23. The fourth-order valence-corrected chi connectivity index (χ4v) is 1.69. The molecule has 2 nitrogen and oxygen atoms in total. The van der Waals surface area contributed by atoms with Crippen LogP contribution in [0, 0.1) is 11.7 Å². The van der Waals surface area contributed by atoms with Crippen LogP contribution < -0.4 is 10.1 Å². The van der Waals surface area contributed by atoms with Gasteiger partial charge < -0.3 is 10.1 Å². The lowest BCUT2D eigenvalue weighted by Gasteiger charge is -2.19. The molecule has 2 aromatic carbocycles. The first-order valence-electron chi connectivity index (χ1n) is 6.84. The van der Waals surface area contributed by atoms with E-state index < -0.39 is 0 Å². The van der Waals surface area contributed by atoms with E-state index in [1.54, 1.807) is 12.1 Å². The van der Waals surface area contributed by atoms with Crippen molar-refractivity contribution >= 4 is 5.69 Å². The summed E-state index contributed by atoms with van der Waals surface area (Å²) >= 11 is 0. The Kier molecular flexibility index (Phi) is 4.61. The Morgan fingerprint density at radius 2 is 1.35 bits per heavy atom. The minimum atomic E-state index is -0.264. The number of rotatable bonds is 5. The fraction of sp³-hybridized carbons (Fsp3) is 0.294. The normalized spacial score (nSPS) is 12.2. The monoisotopic (exact) mass is 273 g/mol. The van der Waals surface area contributed by atoms with Crippen molar-refractivity contribution < 1.29 is 9.13 Å². The molecule has 0 aromatic heterocycles. The zero-order valence-electron chi connectivity index (χ0n) is 12.1. The molecule has 0 saturated carbocycles. The molecule has 3 heteroatoms. The second-order valence-corrected chi connectivity index (χ2v) is 5.26. The summed E-state index contributed by atoms with van der Waals surface area (Å²) in [5.41, 5.74) is 1.07. The van der Waals surface area contributed by atoms with Gasteiger partial charge in [0.15, 0.2) is 0 Å². The topological polar surface area (TPSA) is 21.3 Å². The van der Waals surface area contributed by atoms with E-state index in [1.807, 2.05) is 24.3 Å². The maximum absolute atomic E-state index is 12.8. The molecule has 1 N–H and O–H groups in total. The molecular formula is C17H20FNO. The van der Waals surface area contributed by atoms with Crippen LogP contribution in [0.15, 0.2) is 48.5 Å². The molecule has 106 valence electrons. The average molecular weight is 273 g/mol. The van der Waals surface area contributed by atoms with E-state index in [9.17, 15) is 4.39 Å². The van der Waals surface area contributed by atoms with Crippen molar-refractivity contribution in [2.45, 2.75) is 26.8 Å². The molecule has 0 aliphatic heterocycles. The summed E-state index contributed by atoms with van der Waals surface area (Å²) < 4.78 is 18.4. The Balaban J connectivity index is 1.99. The van der Waals surface area contributed by atoms with Crippen LogP contribution in [0.4, 0.5) is 10.1 Å². The van der Waals surface area contributed by atoms with Gasteiger partial charge in [-0.15, -0.1) is 0 Å². The number of ether oxygens (including phenoxy) is 1. The minimum Gasteiger partial charge on any atom is -0.457 e. The van der Waals surface area contributed by atoms with Crippen LogP contribution in [0.5, 0.6) is 11.5 Å². The molecule has 0 bridgehead atoms. The maximum Gasteiger partial charge on any atom is 0.127 e. The summed E-state index contributed by atoms with van der Waals surface area (Å²) in [5.74, 6) is 1.67. The van der Waals surface area contributed by atoms with Gasteiger partial charge in [-0.25, -0.2) is 4.39 Å². The van der Waals surface area contributed by atoms with E-state index in [0.29, 0.717) is 17.7 Å². The Hall–Kier alpha value is -2.03. The van der Waals surface area contributed by atoms with Gasteiger partial charge in [0.05, 0.1) is 0 Å². The van der Waals surface area contributed by atoms with Crippen molar-refractivity contribution in [1.82, 2.24) is 0 Å². The van der Waals surface area contributed by atoms with Crippen molar-refractivity contribution in [2.75, 3.05) is 5.32 Å². The first-order chi connectivity index (χ1) is 9.54. The predicted octanol–water partition coefficient (Wildman–Crippen LogP) is 5.07. The molecule has 1 unspecified atom stereocenters. The van der Waals surface area contributed by atoms with Crippen LogP contribution in [0.25, 0.3) is 0 Å². The zero-order valence-corrected chi connectivity index (χ0v) is 12.1. The first-order valence-corrected chi connectivity index (χ1v) is 6.84. The Morgan fingerprint density at radius 3 is 1.85 bits per heavy atom. The number of hydrogen-bond donors (Lipinski definition) is 1. The van der Waals surface area contributed by atoms with Gasteiger partial charge in [0.2, 0.25) is 0 Å². The lowest BCUT2D eigenvalue weighted by molar-refractivity contribution is 0.480. The van der Waals surface area contributed by atoms with E-state index in [0.717, 1.165) is 11.4 Å². The molecule has 0 saturated heterocycles. The lowest BCUT2D eigenvalue weighted by atomic mass is 10.1. The molecule has 0 spiro atoms. The van der Waals surface area contributed by atoms with Gasteiger partial charge in [0.1, 0.15) is 17.3 Å². The van der Waals surface area contributed by atoms with E-state index >= 15 is 0 Å². The highest BCUT2D eigenvalue weighted by molar-refractivity contribution is 5.47. The summed E-state index contributed by atoms with van der Waals surface area (Å²) in [6.07, 6.45) is 0. The summed E-state index contributed by atoms with van der Waals surface area (Å²) in [6.45, 7) is 6.53. The quantitative estimate of drug-likeness (QED) is 0.820.